The van der Waals surface area contributed by atoms with Gasteiger partial charge in [-0.3, -0.25) is 5.41 Å². The van der Waals surface area contributed by atoms with E-state index in [9.17, 15) is 20.2 Å². The Kier molecular flexibility index (Phi) is 4.14. The van der Waals surface area contributed by atoms with E-state index in [0.29, 0.717) is 18.4 Å². The largest absolute Gasteiger partial charge is 0.447 e. The summed E-state index contributed by atoms with van der Waals surface area (Å²) in [5.74, 6) is -2.62. The molecule has 2 aliphatic heterocycles. The van der Waals surface area contributed by atoms with Crippen LogP contribution in [0.5, 0.6) is 0 Å². The van der Waals surface area contributed by atoms with Gasteiger partial charge in [-0.25, -0.2) is 4.39 Å². The van der Waals surface area contributed by atoms with Crippen molar-refractivity contribution < 1.29 is 13.9 Å². The zero-order valence-electron chi connectivity index (χ0n) is 15.2. The molecule has 0 amide bonds. The quantitative estimate of drug-likeness (QED) is 0.790. The van der Waals surface area contributed by atoms with Gasteiger partial charge in [0.25, 0.3) is 0 Å². The second kappa shape index (κ2) is 6.30. The van der Waals surface area contributed by atoms with Gasteiger partial charge in [0.2, 0.25) is 17.1 Å². The molecule has 7 heteroatoms. The van der Waals surface area contributed by atoms with Crippen molar-refractivity contribution in [2.24, 2.45) is 16.7 Å². The van der Waals surface area contributed by atoms with Gasteiger partial charge in [0.05, 0.1) is 24.1 Å². The molecule has 1 aromatic carbocycles. The van der Waals surface area contributed by atoms with E-state index < -0.39 is 34.5 Å². The molecule has 0 spiro atoms. The average Bonchev–Trinajstić information content (AvgIpc) is 2.86. The Balaban J connectivity index is 1.97. The molecule has 1 aliphatic carbocycles. The monoisotopic (exact) mass is 378 g/mol. The van der Waals surface area contributed by atoms with Crippen molar-refractivity contribution in [3.8, 4) is 18.2 Å². The average molecular weight is 378 g/mol. The maximum Gasteiger partial charge on any atom is 0.217 e. The van der Waals surface area contributed by atoms with Gasteiger partial charge < -0.3 is 9.47 Å². The van der Waals surface area contributed by atoms with Crippen molar-refractivity contribution >= 4 is 5.90 Å². The third-order valence-electron chi connectivity index (χ3n) is 6.49. The van der Waals surface area contributed by atoms with Gasteiger partial charge in [0.15, 0.2) is 5.41 Å². The molecule has 0 aromatic heterocycles. The van der Waals surface area contributed by atoms with Gasteiger partial charge in [-0.15, -0.1) is 0 Å². The van der Waals surface area contributed by atoms with Gasteiger partial charge in [0.1, 0.15) is 11.9 Å². The van der Waals surface area contributed by atoms with E-state index in [1.54, 1.807) is 0 Å². The zero-order valence-corrected chi connectivity index (χ0v) is 15.2. The first-order chi connectivity index (χ1) is 13.5. The third-order valence-corrected chi connectivity index (χ3v) is 6.49. The normalized spacial score (nSPS) is 35.9. The van der Waals surface area contributed by atoms with Gasteiger partial charge in [-0.05, 0) is 30.5 Å². The lowest BCUT2D eigenvalue weighted by Crippen LogP contribution is -2.59. The van der Waals surface area contributed by atoms with Crippen molar-refractivity contribution in [1.29, 1.82) is 21.2 Å². The molecule has 4 rings (SSSR count). The molecular weight excluding hydrogens is 359 g/mol. The minimum absolute atomic E-state index is 0.366. The highest BCUT2D eigenvalue weighted by molar-refractivity contribution is 5.89. The summed E-state index contributed by atoms with van der Waals surface area (Å²) in [4.78, 5) is 0. The van der Waals surface area contributed by atoms with E-state index in [1.807, 2.05) is 12.1 Å². The van der Waals surface area contributed by atoms with E-state index in [0.717, 1.165) is 25.7 Å². The fourth-order valence-electron chi connectivity index (χ4n) is 5.15. The van der Waals surface area contributed by atoms with Gasteiger partial charge in [0, 0.05) is 6.42 Å². The first-order valence-electron chi connectivity index (χ1n) is 9.45. The molecular formula is C21H19FN4O2. The van der Waals surface area contributed by atoms with Gasteiger partial charge in [-0.2, -0.15) is 15.8 Å². The van der Waals surface area contributed by atoms with Gasteiger partial charge in [-0.1, -0.05) is 31.4 Å². The molecule has 4 unspecified atom stereocenters. The molecule has 28 heavy (non-hydrogen) atoms. The minimum Gasteiger partial charge on any atom is -0.447 e. The predicted molar refractivity (Wildman–Crippen MR) is 94.7 cm³/mol. The number of nitrogens with zero attached hydrogens (tertiary/aromatic N) is 3. The first kappa shape index (κ1) is 18.4. The topological polar surface area (TPSA) is 114 Å². The Bertz CT molecular complexity index is 927. The highest BCUT2D eigenvalue weighted by Crippen LogP contribution is 2.68. The van der Waals surface area contributed by atoms with Crippen LogP contribution < -0.4 is 0 Å². The molecule has 6 nitrogen and oxygen atoms in total. The highest BCUT2D eigenvalue weighted by Gasteiger charge is 2.79. The van der Waals surface area contributed by atoms with Crippen LogP contribution >= 0.6 is 0 Å². The molecule has 142 valence electrons. The van der Waals surface area contributed by atoms with Crippen molar-refractivity contribution in [2.45, 2.75) is 50.4 Å². The molecule has 4 atom stereocenters. The molecule has 1 N–H and O–H groups in total. The van der Waals surface area contributed by atoms with Crippen LogP contribution in [-0.2, 0) is 9.47 Å². The van der Waals surface area contributed by atoms with Crippen LogP contribution in [-0.4, -0.2) is 11.7 Å². The second-order valence-electron chi connectivity index (χ2n) is 7.75. The first-order valence-corrected chi connectivity index (χ1v) is 9.45. The van der Waals surface area contributed by atoms with Crippen LogP contribution in [0.3, 0.4) is 0 Å². The SMILES string of the molecule is N#CC1(C#N)C(c2ccc(F)cc2)OC23CCCCCCC2C1(C#N)C(=N)O3. The standard InChI is InChI=1S/C21H19FN4O2/c22-15-8-6-14(7-9-15)17-19(11-23,12-24)20(13-25)16-5-3-1-2-4-10-21(16,27-17)28-18(20)26/h6-9,16-17,26H,1-5,10H2. The number of ether oxygens (including phenoxy) is 2. The number of nitriles is 3. The maximum absolute atomic E-state index is 13.5. The summed E-state index contributed by atoms with van der Waals surface area (Å²) in [6, 6.07) is 11.6. The van der Waals surface area contributed by atoms with Crippen LogP contribution in [0.15, 0.2) is 24.3 Å². The molecule has 3 aliphatic rings. The summed E-state index contributed by atoms with van der Waals surface area (Å²) in [5.41, 5.74) is -3.28. The van der Waals surface area contributed by atoms with Gasteiger partial charge >= 0.3 is 0 Å². The van der Waals surface area contributed by atoms with Crippen molar-refractivity contribution in [3.63, 3.8) is 0 Å². The van der Waals surface area contributed by atoms with Crippen molar-refractivity contribution in [3.05, 3.63) is 35.6 Å². The number of rotatable bonds is 1. The van der Waals surface area contributed by atoms with Crippen LogP contribution in [0.4, 0.5) is 4.39 Å². The summed E-state index contributed by atoms with van der Waals surface area (Å²) in [5, 5.41) is 39.1. The summed E-state index contributed by atoms with van der Waals surface area (Å²) >= 11 is 0. The molecule has 0 radical (unpaired) electrons. The molecule has 3 fully saturated rings. The lowest BCUT2D eigenvalue weighted by atomic mass is 9.52. The van der Waals surface area contributed by atoms with E-state index in [1.165, 1.54) is 24.3 Å². The Morgan fingerprint density at radius 1 is 1.00 bits per heavy atom. The maximum atomic E-state index is 13.5. The zero-order chi connectivity index (χ0) is 20.0. The fourth-order valence-corrected chi connectivity index (χ4v) is 5.15. The number of hydrogen-bond donors (Lipinski definition) is 1. The number of hydrogen-bond acceptors (Lipinski definition) is 6. The summed E-state index contributed by atoms with van der Waals surface area (Å²) in [6.07, 6.45) is 3.47. The predicted octanol–water partition coefficient (Wildman–Crippen LogP) is 4.11. The second-order valence-corrected chi connectivity index (χ2v) is 7.75. The Morgan fingerprint density at radius 2 is 1.68 bits per heavy atom. The van der Waals surface area contributed by atoms with Crippen LogP contribution in [0.25, 0.3) is 0 Å². The summed E-state index contributed by atoms with van der Waals surface area (Å²) in [6.45, 7) is 0. The molecule has 1 saturated carbocycles. The van der Waals surface area contributed by atoms with Crippen LogP contribution in [0.1, 0.15) is 50.2 Å². The Morgan fingerprint density at radius 3 is 2.32 bits per heavy atom. The van der Waals surface area contributed by atoms with E-state index in [-0.39, 0.29) is 5.90 Å². The number of halogens is 1. The van der Waals surface area contributed by atoms with Crippen molar-refractivity contribution in [2.75, 3.05) is 0 Å². The molecule has 2 saturated heterocycles. The molecule has 2 bridgehead atoms. The van der Waals surface area contributed by atoms with Crippen LogP contribution in [0.2, 0.25) is 0 Å². The molecule has 1 aromatic rings. The Hall–Kier alpha value is -2.95. The summed E-state index contributed by atoms with van der Waals surface area (Å²) in [7, 11) is 0. The highest BCUT2D eigenvalue weighted by atomic mass is 19.1. The van der Waals surface area contributed by atoms with Crippen LogP contribution in [0, 0.1) is 62.0 Å². The summed E-state index contributed by atoms with van der Waals surface area (Å²) < 4.78 is 25.7. The van der Waals surface area contributed by atoms with Crippen molar-refractivity contribution in [1.82, 2.24) is 0 Å². The smallest absolute Gasteiger partial charge is 0.217 e. The van der Waals surface area contributed by atoms with E-state index >= 15 is 0 Å². The molecule has 2 heterocycles. The lowest BCUT2D eigenvalue weighted by molar-refractivity contribution is -0.289. The Labute approximate surface area is 162 Å². The third kappa shape index (κ3) is 2.10. The minimum atomic E-state index is -1.97. The van der Waals surface area contributed by atoms with E-state index in [2.05, 4.69) is 6.07 Å². The number of benzene rings is 1. The fraction of sp³-hybridized carbons (Fsp3) is 0.524. The lowest BCUT2D eigenvalue weighted by Gasteiger charge is -2.50. The van der Waals surface area contributed by atoms with E-state index in [4.69, 9.17) is 14.9 Å². The number of nitrogens with one attached hydrogen (secondary N) is 1.